The van der Waals surface area contributed by atoms with E-state index in [-0.39, 0.29) is 18.1 Å². The van der Waals surface area contributed by atoms with E-state index in [9.17, 15) is 4.79 Å². The van der Waals surface area contributed by atoms with Crippen molar-refractivity contribution in [3.63, 3.8) is 0 Å². The number of carbonyl (C=O) groups excluding carboxylic acids is 1. The van der Waals surface area contributed by atoms with Crippen LogP contribution in [0.1, 0.15) is 74.6 Å². The molecular weight excluding hydrogens is 410 g/mol. The molecule has 0 bridgehead atoms. The lowest BCUT2D eigenvalue weighted by Gasteiger charge is -2.31. The molecule has 0 saturated carbocycles. The van der Waals surface area contributed by atoms with E-state index in [1.165, 1.54) is 22.3 Å². The number of carbonyl (C=O) groups is 1. The van der Waals surface area contributed by atoms with Crippen molar-refractivity contribution in [3.8, 4) is 5.75 Å². The van der Waals surface area contributed by atoms with Crippen molar-refractivity contribution in [1.82, 2.24) is 4.90 Å². The lowest BCUT2D eigenvalue weighted by atomic mass is 9.90. The molecular formula is C29H39NO3. The molecule has 1 fully saturated rings. The Labute approximate surface area is 199 Å². The van der Waals surface area contributed by atoms with Crippen molar-refractivity contribution in [2.45, 2.75) is 77.2 Å². The van der Waals surface area contributed by atoms with E-state index in [0.29, 0.717) is 18.3 Å². The SMILES string of the molecule is CC(C)c1ccc(C[C@]2(C)Cc3cc(CCC(=O)N4CCC(CCO)CC4)ccc3O2)cc1. The fourth-order valence-electron chi connectivity index (χ4n) is 5.34. The third kappa shape index (κ3) is 5.97. The molecule has 33 heavy (non-hydrogen) atoms. The lowest BCUT2D eigenvalue weighted by Crippen LogP contribution is -2.38. The molecule has 0 unspecified atom stereocenters. The van der Waals surface area contributed by atoms with Crippen LogP contribution in [0.15, 0.2) is 42.5 Å². The Hall–Kier alpha value is -2.33. The van der Waals surface area contributed by atoms with Gasteiger partial charge in [0.25, 0.3) is 0 Å². The van der Waals surface area contributed by atoms with Crippen molar-refractivity contribution in [2.24, 2.45) is 5.92 Å². The summed E-state index contributed by atoms with van der Waals surface area (Å²) < 4.78 is 6.39. The number of aliphatic hydroxyl groups is 1. The van der Waals surface area contributed by atoms with E-state index in [0.717, 1.165) is 57.4 Å². The fourth-order valence-corrected chi connectivity index (χ4v) is 5.34. The summed E-state index contributed by atoms with van der Waals surface area (Å²) in [6.45, 7) is 8.56. The molecule has 4 heteroatoms. The second kappa shape index (κ2) is 10.3. The Balaban J connectivity index is 1.30. The number of rotatable bonds is 8. The number of nitrogens with zero attached hydrogens (tertiary/aromatic N) is 1. The van der Waals surface area contributed by atoms with Crippen LogP contribution in [0, 0.1) is 5.92 Å². The number of aliphatic hydroxyl groups excluding tert-OH is 1. The monoisotopic (exact) mass is 449 g/mol. The number of amides is 1. The summed E-state index contributed by atoms with van der Waals surface area (Å²) in [5.74, 6) is 2.35. The Kier molecular flexibility index (Phi) is 7.43. The van der Waals surface area contributed by atoms with E-state index in [4.69, 9.17) is 9.84 Å². The molecule has 2 aromatic carbocycles. The molecule has 0 spiro atoms. The van der Waals surface area contributed by atoms with Crippen molar-refractivity contribution in [1.29, 1.82) is 0 Å². The summed E-state index contributed by atoms with van der Waals surface area (Å²) >= 11 is 0. The summed E-state index contributed by atoms with van der Waals surface area (Å²) in [7, 11) is 0. The van der Waals surface area contributed by atoms with Gasteiger partial charge in [0.1, 0.15) is 11.4 Å². The molecule has 0 aliphatic carbocycles. The lowest BCUT2D eigenvalue weighted by molar-refractivity contribution is -0.132. The van der Waals surface area contributed by atoms with Crippen LogP contribution in [-0.2, 0) is 24.1 Å². The number of hydrogen-bond donors (Lipinski definition) is 1. The van der Waals surface area contributed by atoms with Crippen molar-refractivity contribution in [2.75, 3.05) is 19.7 Å². The third-order valence-electron chi connectivity index (χ3n) is 7.40. The molecule has 1 atom stereocenters. The largest absolute Gasteiger partial charge is 0.487 e. The number of ether oxygens (including phenoxy) is 1. The van der Waals surface area contributed by atoms with Gasteiger partial charge in [0.15, 0.2) is 0 Å². The van der Waals surface area contributed by atoms with Crippen molar-refractivity contribution >= 4 is 5.91 Å². The first-order chi connectivity index (χ1) is 15.8. The van der Waals surface area contributed by atoms with Gasteiger partial charge in [0, 0.05) is 39.0 Å². The first-order valence-electron chi connectivity index (χ1n) is 12.6. The average molecular weight is 450 g/mol. The molecule has 2 aliphatic rings. The molecule has 4 nitrogen and oxygen atoms in total. The molecule has 1 saturated heterocycles. The molecule has 0 radical (unpaired) electrons. The zero-order valence-corrected chi connectivity index (χ0v) is 20.5. The van der Waals surface area contributed by atoms with Gasteiger partial charge in [-0.15, -0.1) is 0 Å². The highest BCUT2D eigenvalue weighted by molar-refractivity contribution is 5.76. The standard InChI is InChI=1S/C29H39NO3/c1-21(2)25-8-4-24(5-9-25)19-29(3)20-26-18-23(6-10-27(26)33-29)7-11-28(32)30-15-12-22(13-16-30)14-17-31/h4-6,8-10,18,21-22,31H,7,11-17,19-20H2,1-3H3/t29-/m1/s1. The van der Waals surface area contributed by atoms with Gasteiger partial charge in [-0.1, -0.05) is 50.2 Å². The maximum atomic E-state index is 12.7. The van der Waals surface area contributed by atoms with Crippen LogP contribution in [0.5, 0.6) is 5.75 Å². The highest BCUT2D eigenvalue weighted by Gasteiger charge is 2.35. The van der Waals surface area contributed by atoms with E-state index < -0.39 is 0 Å². The quantitative estimate of drug-likeness (QED) is 0.595. The van der Waals surface area contributed by atoms with Crippen LogP contribution in [0.4, 0.5) is 0 Å². The molecule has 0 aromatic heterocycles. The maximum absolute atomic E-state index is 12.7. The van der Waals surface area contributed by atoms with Gasteiger partial charge in [-0.2, -0.15) is 0 Å². The molecule has 4 rings (SSSR count). The van der Waals surface area contributed by atoms with Gasteiger partial charge < -0.3 is 14.7 Å². The molecule has 1 N–H and O–H groups in total. The van der Waals surface area contributed by atoms with Gasteiger partial charge in [-0.25, -0.2) is 0 Å². The van der Waals surface area contributed by atoms with Gasteiger partial charge in [-0.05, 0) is 72.8 Å². The average Bonchev–Trinajstić information content (AvgIpc) is 3.13. The van der Waals surface area contributed by atoms with Crippen LogP contribution < -0.4 is 4.74 Å². The smallest absolute Gasteiger partial charge is 0.222 e. The third-order valence-corrected chi connectivity index (χ3v) is 7.40. The Bertz CT molecular complexity index is 944. The summed E-state index contributed by atoms with van der Waals surface area (Å²) in [6, 6.07) is 15.4. The minimum absolute atomic E-state index is 0.227. The number of benzene rings is 2. The Morgan fingerprint density at radius 3 is 2.48 bits per heavy atom. The number of likely N-dealkylation sites (tertiary alicyclic amines) is 1. The Morgan fingerprint density at radius 2 is 1.82 bits per heavy atom. The minimum atomic E-state index is -0.227. The van der Waals surface area contributed by atoms with Crippen LogP contribution in [-0.4, -0.2) is 41.2 Å². The summed E-state index contributed by atoms with van der Waals surface area (Å²) in [6.07, 6.45) is 6.01. The first-order valence-corrected chi connectivity index (χ1v) is 12.6. The summed E-state index contributed by atoms with van der Waals surface area (Å²) in [4.78, 5) is 14.7. The number of fused-ring (bicyclic) bond motifs is 1. The van der Waals surface area contributed by atoms with E-state index in [1.807, 2.05) is 4.90 Å². The summed E-state index contributed by atoms with van der Waals surface area (Å²) in [5.41, 5.74) is 4.92. The predicted octanol–water partition coefficient (Wildman–Crippen LogP) is 5.30. The normalized spacial score (nSPS) is 20.7. The molecule has 1 amide bonds. The Morgan fingerprint density at radius 1 is 1.12 bits per heavy atom. The summed E-state index contributed by atoms with van der Waals surface area (Å²) in [5, 5.41) is 9.12. The minimum Gasteiger partial charge on any atom is -0.487 e. The molecule has 178 valence electrons. The van der Waals surface area contributed by atoms with E-state index in [1.54, 1.807) is 0 Å². The topological polar surface area (TPSA) is 49.8 Å². The van der Waals surface area contributed by atoms with Crippen LogP contribution in [0.3, 0.4) is 0 Å². The highest BCUT2D eigenvalue weighted by atomic mass is 16.5. The number of hydrogen-bond acceptors (Lipinski definition) is 3. The zero-order chi connectivity index (χ0) is 23.4. The van der Waals surface area contributed by atoms with Crippen LogP contribution in [0.25, 0.3) is 0 Å². The highest BCUT2D eigenvalue weighted by Crippen LogP contribution is 2.38. The predicted molar refractivity (Wildman–Crippen MR) is 133 cm³/mol. The molecule has 2 heterocycles. The van der Waals surface area contributed by atoms with Crippen molar-refractivity contribution in [3.05, 3.63) is 64.7 Å². The second-order valence-corrected chi connectivity index (χ2v) is 10.6. The van der Waals surface area contributed by atoms with Gasteiger partial charge >= 0.3 is 0 Å². The van der Waals surface area contributed by atoms with E-state index >= 15 is 0 Å². The fraction of sp³-hybridized carbons (Fsp3) is 0.552. The second-order valence-electron chi connectivity index (χ2n) is 10.6. The molecule has 2 aliphatic heterocycles. The van der Waals surface area contributed by atoms with E-state index in [2.05, 4.69) is 63.2 Å². The van der Waals surface area contributed by atoms with Crippen LogP contribution >= 0.6 is 0 Å². The van der Waals surface area contributed by atoms with Crippen LogP contribution in [0.2, 0.25) is 0 Å². The molecule has 2 aromatic rings. The zero-order valence-electron chi connectivity index (χ0n) is 20.5. The van der Waals surface area contributed by atoms with Crippen molar-refractivity contribution < 1.29 is 14.6 Å². The van der Waals surface area contributed by atoms with Gasteiger partial charge in [0.05, 0.1) is 0 Å². The number of aryl methyl sites for hydroxylation is 1. The maximum Gasteiger partial charge on any atom is 0.222 e. The van der Waals surface area contributed by atoms with Gasteiger partial charge in [0.2, 0.25) is 5.91 Å². The number of piperidine rings is 1. The van der Waals surface area contributed by atoms with Gasteiger partial charge in [-0.3, -0.25) is 4.79 Å². The first kappa shape index (κ1) is 23.8.